The number of hydrogen-bond donors (Lipinski definition) is 2. The molecular weight excluding hydrogens is 270 g/mol. The van der Waals surface area contributed by atoms with Gasteiger partial charge in [0.15, 0.2) is 0 Å². The summed E-state index contributed by atoms with van der Waals surface area (Å²) in [6.45, 7) is 5.43. The lowest BCUT2D eigenvalue weighted by Gasteiger charge is -2.21. The average Bonchev–Trinajstić information content (AvgIpc) is 2.53. The predicted molar refractivity (Wildman–Crippen MR) is 83.0 cm³/mol. The van der Waals surface area contributed by atoms with Crippen molar-refractivity contribution in [3.63, 3.8) is 0 Å². The summed E-state index contributed by atoms with van der Waals surface area (Å²) in [6, 6.07) is 5.81. The molecule has 0 bridgehead atoms. The fourth-order valence-electron chi connectivity index (χ4n) is 2.07. The molecule has 0 fully saturated rings. The Balaban J connectivity index is 2.75. The largest absolute Gasteiger partial charge is 0.497 e. The number of nitrogens with one attached hydrogen (secondary N) is 1. The molecule has 0 aromatic heterocycles. The van der Waals surface area contributed by atoms with E-state index in [1.165, 1.54) is 0 Å². The van der Waals surface area contributed by atoms with Gasteiger partial charge in [-0.05, 0) is 24.6 Å². The Morgan fingerprint density at radius 3 is 2.71 bits per heavy atom. The van der Waals surface area contributed by atoms with Crippen LogP contribution in [0.5, 0.6) is 11.5 Å². The summed E-state index contributed by atoms with van der Waals surface area (Å²) >= 11 is 0. The van der Waals surface area contributed by atoms with Gasteiger partial charge in [-0.3, -0.25) is 0 Å². The van der Waals surface area contributed by atoms with Gasteiger partial charge in [0, 0.05) is 18.2 Å². The minimum Gasteiger partial charge on any atom is -0.497 e. The summed E-state index contributed by atoms with van der Waals surface area (Å²) in [6.07, 6.45) is 2.63. The third-order valence-electron chi connectivity index (χ3n) is 3.09. The molecule has 5 nitrogen and oxygen atoms in total. The van der Waals surface area contributed by atoms with Crippen LogP contribution in [-0.4, -0.2) is 45.7 Å². The zero-order valence-corrected chi connectivity index (χ0v) is 12.8. The molecule has 2 N–H and O–H groups in total. The highest BCUT2D eigenvalue weighted by atomic mass is 16.5. The smallest absolute Gasteiger partial charge is 0.123 e. The first-order valence-corrected chi connectivity index (χ1v) is 7.01. The van der Waals surface area contributed by atoms with E-state index in [4.69, 9.17) is 19.3 Å². The Hall–Kier alpha value is -1.56. The fraction of sp³-hybridized carbons (Fsp3) is 0.500. The molecule has 0 heterocycles. The first-order chi connectivity index (χ1) is 10.3. The molecule has 0 amide bonds. The number of ether oxygens (including phenoxy) is 3. The number of methoxy groups -OCH3 is 2. The zero-order valence-electron chi connectivity index (χ0n) is 12.8. The van der Waals surface area contributed by atoms with Gasteiger partial charge in [-0.25, -0.2) is 0 Å². The summed E-state index contributed by atoms with van der Waals surface area (Å²) in [5.41, 5.74) is 1.03. The SMILES string of the molecule is C=CCC(NCCOCCO)c1cc(OC)ccc1OC. The molecule has 21 heavy (non-hydrogen) atoms. The molecule has 0 saturated heterocycles. The van der Waals surface area contributed by atoms with Crippen molar-refractivity contribution >= 4 is 0 Å². The third-order valence-corrected chi connectivity index (χ3v) is 3.09. The van der Waals surface area contributed by atoms with Crippen LogP contribution >= 0.6 is 0 Å². The van der Waals surface area contributed by atoms with E-state index in [2.05, 4.69) is 11.9 Å². The molecule has 1 aromatic rings. The van der Waals surface area contributed by atoms with Crippen LogP contribution in [-0.2, 0) is 4.74 Å². The Bertz CT molecular complexity index is 423. The molecule has 118 valence electrons. The van der Waals surface area contributed by atoms with Crippen molar-refractivity contribution in [3.05, 3.63) is 36.4 Å². The van der Waals surface area contributed by atoms with Crippen molar-refractivity contribution in [2.75, 3.05) is 40.6 Å². The van der Waals surface area contributed by atoms with Crippen molar-refractivity contribution in [3.8, 4) is 11.5 Å². The highest BCUT2D eigenvalue weighted by Crippen LogP contribution is 2.31. The standard InChI is InChI=1S/C16H25NO4/c1-4-5-15(17-8-10-21-11-9-18)14-12-13(19-2)6-7-16(14)20-3/h4,6-7,12,15,17-18H,1,5,8-11H2,2-3H3. The normalized spacial score (nSPS) is 12.0. The Morgan fingerprint density at radius 2 is 2.10 bits per heavy atom. The van der Waals surface area contributed by atoms with Crippen LogP contribution in [0, 0.1) is 0 Å². The van der Waals surface area contributed by atoms with Crippen LogP contribution in [0.1, 0.15) is 18.0 Å². The summed E-state index contributed by atoms with van der Waals surface area (Å²) in [5.74, 6) is 1.60. The van der Waals surface area contributed by atoms with Gasteiger partial charge < -0.3 is 24.6 Å². The molecule has 0 aliphatic carbocycles. The van der Waals surface area contributed by atoms with E-state index in [1.54, 1.807) is 14.2 Å². The number of hydrogen-bond acceptors (Lipinski definition) is 5. The van der Waals surface area contributed by atoms with E-state index in [9.17, 15) is 0 Å². The lowest BCUT2D eigenvalue weighted by Crippen LogP contribution is -2.26. The monoisotopic (exact) mass is 295 g/mol. The second-order valence-corrected chi connectivity index (χ2v) is 4.47. The molecule has 1 rings (SSSR count). The fourth-order valence-corrected chi connectivity index (χ4v) is 2.07. The molecule has 0 aliphatic heterocycles. The quantitative estimate of drug-likeness (QED) is 0.482. The molecule has 1 aromatic carbocycles. The maximum absolute atomic E-state index is 8.67. The maximum Gasteiger partial charge on any atom is 0.123 e. The number of benzene rings is 1. The first-order valence-electron chi connectivity index (χ1n) is 7.01. The summed E-state index contributed by atoms with van der Waals surface area (Å²) in [5, 5.41) is 12.1. The zero-order chi connectivity index (χ0) is 15.5. The van der Waals surface area contributed by atoms with E-state index in [1.807, 2.05) is 24.3 Å². The summed E-state index contributed by atoms with van der Waals surface area (Å²) < 4.78 is 16.0. The molecule has 0 aliphatic rings. The highest BCUT2D eigenvalue weighted by Gasteiger charge is 2.15. The van der Waals surface area contributed by atoms with Crippen LogP contribution in [0.4, 0.5) is 0 Å². The highest BCUT2D eigenvalue weighted by molar-refractivity contribution is 5.42. The van der Waals surface area contributed by atoms with Crippen LogP contribution in [0.3, 0.4) is 0 Å². The molecule has 1 unspecified atom stereocenters. The Labute approximate surface area is 126 Å². The second kappa shape index (κ2) is 10.2. The first kappa shape index (κ1) is 17.5. The van der Waals surface area contributed by atoms with Crippen LogP contribution in [0.25, 0.3) is 0 Å². The molecule has 1 atom stereocenters. The summed E-state index contributed by atoms with van der Waals surface area (Å²) in [7, 11) is 3.30. The lowest BCUT2D eigenvalue weighted by atomic mass is 10.0. The van der Waals surface area contributed by atoms with Crippen molar-refractivity contribution in [1.82, 2.24) is 5.32 Å². The number of aliphatic hydroxyl groups excluding tert-OH is 1. The van der Waals surface area contributed by atoms with Crippen molar-refractivity contribution in [1.29, 1.82) is 0 Å². The van der Waals surface area contributed by atoms with Crippen molar-refractivity contribution < 1.29 is 19.3 Å². The minimum atomic E-state index is 0.0415. The molecular formula is C16H25NO4. The van der Waals surface area contributed by atoms with E-state index in [0.29, 0.717) is 19.8 Å². The maximum atomic E-state index is 8.67. The van der Waals surface area contributed by atoms with Crippen LogP contribution in [0.15, 0.2) is 30.9 Å². The third kappa shape index (κ3) is 5.75. The van der Waals surface area contributed by atoms with Crippen LogP contribution in [0.2, 0.25) is 0 Å². The topological polar surface area (TPSA) is 60.0 Å². The lowest BCUT2D eigenvalue weighted by molar-refractivity contribution is 0.0925. The van der Waals surface area contributed by atoms with Gasteiger partial charge in [-0.2, -0.15) is 0 Å². The molecule has 0 spiro atoms. The van der Waals surface area contributed by atoms with Gasteiger partial charge in [0.25, 0.3) is 0 Å². The number of rotatable bonds is 11. The van der Waals surface area contributed by atoms with Crippen molar-refractivity contribution in [2.45, 2.75) is 12.5 Å². The second-order valence-electron chi connectivity index (χ2n) is 4.47. The van der Waals surface area contributed by atoms with E-state index < -0.39 is 0 Å². The van der Waals surface area contributed by atoms with E-state index in [0.717, 1.165) is 23.5 Å². The average molecular weight is 295 g/mol. The van der Waals surface area contributed by atoms with Gasteiger partial charge in [-0.1, -0.05) is 6.08 Å². The van der Waals surface area contributed by atoms with Gasteiger partial charge in [0.2, 0.25) is 0 Å². The Kier molecular flexibility index (Phi) is 8.50. The van der Waals surface area contributed by atoms with Gasteiger partial charge in [0.1, 0.15) is 11.5 Å². The minimum absolute atomic E-state index is 0.0415. The van der Waals surface area contributed by atoms with Crippen LogP contribution < -0.4 is 14.8 Å². The molecule has 0 saturated carbocycles. The van der Waals surface area contributed by atoms with Crippen molar-refractivity contribution in [2.24, 2.45) is 0 Å². The van der Waals surface area contributed by atoms with Gasteiger partial charge in [0.05, 0.1) is 34.0 Å². The predicted octanol–water partition coefficient (Wildman–Crippen LogP) is 1.92. The van der Waals surface area contributed by atoms with Gasteiger partial charge >= 0.3 is 0 Å². The molecule has 0 radical (unpaired) electrons. The Morgan fingerprint density at radius 1 is 1.29 bits per heavy atom. The van der Waals surface area contributed by atoms with Gasteiger partial charge in [-0.15, -0.1) is 6.58 Å². The van der Waals surface area contributed by atoms with E-state index >= 15 is 0 Å². The summed E-state index contributed by atoms with van der Waals surface area (Å²) in [4.78, 5) is 0. The van der Waals surface area contributed by atoms with E-state index in [-0.39, 0.29) is 12.6 Å². The molecule has 5 heteroatoms. The number of aliphatic hydroxyl groups is 1.